The number of hydrogen-bond donors (Lipinski definition) is 0. The van der Waals surface area contributed by atoms with Crippen molar-refractivity contribution in [3.05, 3.63) is 72.5 Å². The van der Waals surface area contributed by atoms with Crippen LogP contribution >= 0.6 is 0 Å². The summed E-state index contributed by atoms with van der Waals surface area (Å²) in [6, 6.07) is 16.1. The summed E-state index contributed by atoms with van der Waals surface area (Å²) in [4.78, 5) is 13.2. The number of carbonyl (C=O) groups excluding carboxylic acids is 1. The first-order valence-corrected chi connectivity index (χ1v) is 7.99. The summed E-state index contributed by atoms with van der Waals surface area (Å²) in [5, 5.41) is 0. The Morgan fingerprint density at radius 2 is 1.62 bits per heavy atom. The zero-order valence-corrected chi connectivity index (χ0v) is 14.4. The van der Waals surface area contributed by atoms with E-state index in [1.807, 2.05) is 66.6 Å². The minimum absolute atomic E-state index is 0.622. The smallest absolute Gasteiger partial charge is 0.166 e. The third kappa shape index (κ3) is 4.35. The summed E-state index contributed by atoms with van der Waals surface area (Å²) < 4.78 is 5.18. The van der Waals surface area contributed by atoms with Gasteiger partial charge < -0.3 is 9.64 Å². The average Bonchev–Trinajstić information content (AvgIpc) is 2.65. The minimum atomic E-state index is 0.622. The van der Waals surface area contributed by atoms with Crippen LogP contribution in [-0.4, -0.2) is 20.4 Å². The summed E-state index contributed by atoms with van der Waals surface area (Å²) in [5.74, 6) is 0.844. The zero-order valence-electron chi connectivity index (χ0n) is 14.4. The molecule has 2 aromatic carbocycles. The lowest BCUT2D eigenvalue weighted by Crippen LogP contribution is -2.17. The molecule has 0 bridgehead atoms. The van der Waals surface area contributed by atoms with Gasteiger partial charge in [-0.1, -0.05) is 43.3 Å². The van der Waals surface area contributed by atoms with Crippen molar-refractivity contribution < 1.29 is 9.53 Å². The van der Waals surface area contributed by atoms with E-state index in [2.05, 4.69) is 19.1 Å². The highest BCUT2D eigenvalue weighted by Crippen LogP contribution is 2.25. The van der Waals surface area contributed by atoms with E-state index in [-0.39, 0.29) is 0 Å². The molecule has 0 aromatic heterocycles. The number of hydrogen-bond acceptors (Lipinski definition) is 3. The highest BCUT2D eigenvalue weighted by Gasteiger charge is 2.06. The van der Waals surface area contributed by atoms with Gasteiger partial charge in [0.05, 0.1) is 12.8 Å². The van der Waals surface area contributed by atoms with Crippen LogP contribution in [0.25, 0.3) is 11.1 Å². The molecule has 2 aromatic rings. The topological polar surface area (TPSA) is 29.5 Å². The van der Waals surface area contributed by atoms with Gasteiger partial charge in [-0.2, -0.15) is 0 Å². The number of aldehydes is 1. The predicted molar refractivity (Wildman–Crippen MR) is 100 cm³/mol. The molecule has 0 N–H and O–H groups in total. The fourth-order valence-electron chi connectivity index (χ4n) is 2.34. The first-order valence-electron chi connectivity index (χ1n) is 7.99. The Morgan fingerprint density at radius 1 is 1.04 bits per heavy atom. The van der Waals surface area contributed by atoms with Crippen molar-refractivity contribution in [3.8, 4) is 16.9 Å². The van der Waals surface area contributed by atoms with Gasteiger partial charge in [0.2, 0.25) is 0 Å². The van der Waals surface area contributed by atoms with Crippen molar-refractivity contribution in [2.45, 2.75) is 13.3 Å². The van der Waals surface area contributed by atoms with Crippen molar-refractivity contribution in [2.75, 3.05) is 19.1 Å². The van der Waals surface area contributed by atoms with Crippen molar-refractivity contribution in [1.29, 1.82) is 0 Å². The van der Waals surface area contributed by atoms with Gasteiger partial charge in [-0.05, 0) is 47.9 Å². The molecule has 0 heterocycles. The molecule has 0 saturated carbocycles. The number of nitrogens with zero attached hydrogens (tertiary/aromatic N) is 1. The molecule has 0 radical (unpaired) electrons. The molecule has 0 spiro atoms. The molecule has 0 atom stereocenters. The van der Waals surface area contributed by atoms with Gasteiger partial charge in [-0.25, -0.2) is 0 Å². The van der Waals surface area contributed by atoms with Crippen molar-refractivity contribution >= 4 is 12.0 Å². The van der Waals surface area contributed by atoms with E-state index in [9.17, 15) is 4.79 Å². The Hall–Kier alpha value is -2.81. The molecular formula is C21H23NO2. The minimum Gasteiger partial charge on any atom is -0.497 e. The molecule has 0 fully saturated rings. The van der Waals surface area contributed by atoms with Crippen LogP contribution in [-0.2, 0) is 4.79 Å². The van der Waals surface area contributed by atoms with E-state index in [0.29, 0.717) is 5.70 Å². The van der Waals surface area contributed by atoms with Gasteiger partial charge >= 0.3 is 0 Å². The Bertz CT molecular complexity index is 713. The van der Waals surface area contributed by atoms with Gasteiger partial charge in [0.15, 0.2) is 6.29 Å². The third-order valence-corrected chi connectivity index (χ3v) is 3.82. The molecule has 3 nitrogen and oxygen atoms in total. The van der Waals surface area contributed by atoms with Gasteiger partial charge in [0.25, 0.3) is 0 Å². The average molecular weight is 321 g/mol. The van der Waals surface area contributed by atoms with E-state index in [0.717, 1.165) is 35.3 Å². The van der Waals surface area contributed by atoms with E-state index in [1.165, 1.54) is 0 Å². The van der Waals surface area contributed by atoms with Crippen LogP contribution < -0.4 is 9.64 Å². The number of allylic oxidation sites excluding steroid dienone is 4. The number of likely N-dealkylation sites (N-methyl/N-ethyl adjacent to an activating group) is 1. The molecular weight excluding hydrogens is 298 g/mol. The van der Waals surface area contributed by atoms with Crippen molar-refractivity contribution in [3.63, 3.8) is 0 Å². The third-order valence-electron chi connectivity index (χ3n) is 3.82. The first-order chi connectivity index (χ1) is 11.7. The highest BCUT2D eigenvalue weighted by atomic mass is 16.5. The zero-order chi connectivity index (χ0) is 17.4. The largest absolute Gasteiger partial charge is 0.497 e. The SMILES string of the molecule is CC/C=C\C=C(/C=O)N(C)c1ccc(-c2ccc(OC)cc2)cc1. The maximum atomic E-state index is 11.3. The monoisotopic (exact) mass is 321 g/mol. The Morgan fingerprint density at radius 3 is 2.12 bits per heavy atom. The number of benzene rings is 2. The van der Waals surface area contributed by atoms with Crippen LogP contribution in [0.15, 0.2) is 72.5 Å². The van der Waals surface area contributed by atoms with Gasteiger partial charge in [0, 0.05) is 12.7 Å². The van der Waals surface area contributed by atoms with Crippen LogP contribution in [0.2, 0.25) is 0 Å². The Kier molecular flexibility index (Phi) is 6.38. The number of anilines is 1. The maximum Gasteiger partial charge on any atom is 0.166 e. The second-order valence-corrected chi connectivity index (χ2v) is 5.38. The molecule has 124 valence electrons. The lowest BCUT2D eigenvalue weighted by atomic mass is 10.1. The molecule has 3 heteroatoms. The fourth-order valence-corrected chi connectivity index (χ4v) is 2.34. The van der Waals surface area contributed by atoms with Crippen LogP contribution in [0.1, 0.15) is 13.3 Å². The summed E-state index contributed by atoms with van der Waals surface area (Å²) >= 11 is 0. The van der Waals surface area contributed by atoms with Crippen LogP contribution in [0, 0.1) is 0 Å². The maximum absolute atomic E-state index is 11.3. The molecule has 0 aliphatic rings. The van der Waals surface area contributed by atoms with Gasteiger partial charge in [0.1, 0.15) is 5.75 Å². The second kappa shape index (κ2) is 8.73. The molecule has 0 aliphatic heterocycles. The highest BCUT2D eigenvalue weighted by molar-refractivity contribution is 5.81. The lowest BCUT2D eigenvalue weighted by Gasteiger charge is -2.19. The quantitative estimate of drug-likeness (QED) is 0.415. The molecule has 24 heavy (non-hydrogen) atoms. The number of rotatable bonds is 7. The summed E-state index contributed by atoms with van der Waals surface area (Å²) in [5.41, 5.74) is 3.84. The number of ether oxygens (including phenoxy) is 1. The summed E-state index contributed by atoms with van der Waals surface area (Å²) in [6.45, 7) is 2.06. The number of methoxy groups -OCH3 is 1. The second-order valence-electron chi connectivity index (χ2n) is 5.38. The standard InChI is InChI=1S/C21H23NO2/c1-4-5-6-7-20(16-23)22(2)19-12-8-17(9-13-19)18-10-14-21(24-3)15-11-18/h5-16H,4H2,1-3H3/b6-5-,20-7+. The van der Waals surface area contributed by atoms with Crippen molar-refractivity contribution in [2.24, 2.45) is 0 Å². The van der Waals surface area contributed by atoms with Crippen LogP contribution in [0.5, 0.6) is 5.75 Å². The van der Waals surface area contributed by atoms with E-state index < -0.39 is 0 Å². The van der Waals surface area contributed by atoms with Gasteiger partial charge in [-0.3, -0.25) is 4.79 Å². The molecule has 0 saturated heterocycles. The van der Waals surface area contributed by atoms with Crippen LogP contribution in [0.4, 0.5) is 5.69 Å². The predicted octanol–water partition coefficient (Wildman–Crippen LogP) is 4.85. The lowest BCUT2D eigenvalue weighted by molar-refractivity contribution is -0.104. The molecule has 2 rings (SSSR count). The Labute approximate surface area is 143 Å². The normalized spacial score (nSPS) is 11.5. The number of carbonyl (C=O) groups is 1. The fraction of sp³-hybridized carbons (Fsp3) is 0.190. The van der Waals surface area contributed by atoms with E-state index in [1.54, 1.807) is 7.11 Å². The van der Waals surface area contributed by atoms with Crippen molar-refractivity contribution in [1.82, 2.24) is 0 Å². The molecule has 0 amide bonds. The molecule has 0 aliphatic carbocycles. The summed E-state index contributed by atoms with van der Waals surface area (Å²) in [7, 11) is 3.55. The van der Waals surface area contributed by atoms with Gasteiger partial charge in [-0.15, -0.1) is 0 Å². The van der Waals surface area contributed by atoms with Crippen LogP contribution in [0.3, 0.4) is 0 Å². The summed E-state index contributed by atoms with van der Waals surface area (Å²) in [6.07, 6.45) is 7.57. The first kappa shape index (κ1) is 17.5. The van der Waals surface area contributed by atoms with E-state index >= 15 is 0 Å². The van der Waals surface area contributed by atoms with E-state index in [4.69, 9.17) is 4.74 Å². The Balaban J connectivity index is 2.19. The molecule has 0 unspecified atom stereocenters.